The van der Waals surface area contributed by atoms with E-state index < -0.39 is 0 Å². The fraction of sp³-hybridized carbons (Fsp3) is 0.571. The zero-order valence-electron chi connectivity index (χ0n) is 10.3. The molecule has 0 spiro atoms. The van der Waals surface area contributed by atoms with Gasteiger partial charge in [-0.15, -0.1) is 0 Å². The van der Waals surface area contributed by atoms with Crippen molar-refractivity contribution >= 4 is 0 Å². The Morgan fingerprint density at radius 2 is 2.00 bits per heavy atom. The topological polar surface area (TPSA) is 35.2 Å². The lowest BCUT2D eigenvalue weighted by atomic mass is 9.69. The van der Waals surface area contributed by atoms with Crippen LogP contribution in [0.4, 0.5) is 4.39 Å². The predicted octanol–water partition coefficient (Wildman–Crippen LogP) is 2.99. The van der Waals surface area contributed by atoms with Crippen molar-refractivity contribution < 1.29 is 9.13 Å². The Bertz CT molecular complexity index is 386. The van der Waals surface area contributed by atoms with E-state index in [1.54, 1.807) is 19.2 Å². The third-order valence-electron chi connectivity index (χ3n) is 3.93. The Hall–Kier alpha value is -1.09. The van der Waals surface area contributed by atoms with Gasteiger partial charge in [-0.05, 0) is 31.0 Å². The minimum Gasteiger partial charge on any atom is -0.496 e. The summed E-state index contributed by atoms with van der Waals surface area (Å²) >= 11 is 0. The number of halogens is 1. The molecule has 1 aromatic carbocycles. The van der Waals surface area contributed by atoms with Crippen molar-refractivity contribution in [3.05, 3.63) is 29.6 Å². The first-order valence-corrected chi connectivity index (χ1v) is 6.26. The Morgan fingerprint density at radius 1 is 1.29 bits per heavy atom. The van der Waals surface area contributed by atoms with Gasteiger partial charge in [-0.25, -0.2) is 4.39 Å². The predicted molar refractivity (Wildman–Crippen MR) is 66.8 cm³/mol. The van der Waals surface area contributed by atoms with E-state index in [2.05, 4.69) is 0 Å². The molecule has 0 saturated heterocycles. The summed E-state index contributed by atoms with van der Waals surface area (Å²) < 4.78 is 18.8. The third-order valence-corrected chi connectivity index (χ3v) is 3.93. The van der Waals surface area contributed by atoms with Crippen molar-refractivity contribution in [2.75, 3.05) is 13.7 Å². The van der Waals surface area contributed by atoms with Gasteiger partial charge in [0, 0.05) is 17.5 Å². The Kier molecular flexibility index (Phi) is 3.67. The van der Waals surface area contributed by atoms with Crippen LogP contribution in [0.3, 0.4) is 0 Å². The van der Waals surface area contributed by atoms with Gasteiger partial charge in [-0.1, -0.05) is 19.3 Å². The molecule has 0 heterocycles. The van der Waals surface area contributed by atoms with Crippen LogP contribution in [0.25, 0.3) is 0 Å². The molecule has 1 aliphatic carbocycles. The minimum atomic E-state index is -0.209. The first-order chi connectivity index (χ1) is 8.22. The highest BCUT2D eigenvalue weighted by Gasteiger charge is 2.35. The van der Waals surface area contributed by atoms with Crippen molar-refractivity contribution in [3.8, 4) is 5.75 Å². The van der Waals surface area contributed by atoms with Gasteiger partial charge in [-0.3, -0.25) is 0 Å². The van der Waals surface area contributed by atoms with Crippen LogP contribution < -0.4 is 10.5 Å². The summed E-state index contributed by atoms with van der Waals surface area (Å²) in [6.45, 7) is 0.562. The number of ether oxygens (including phenoxy) is 1. The molecule has 0 bridgehead atoms. The lowest BCUT2D eigenvalue weighted by Gasteiger charge is -2.37. The normalized spacial score (nSPS) is 19.0. The molecule has 94 valence electrons. The van der Waals surface area contributed by atoms with Crippen LogP contribution in [0.1, 0.15) is 37.7 Å². The van der Waals surface area contributed by atoms with E-state index >= 15 is 0 Å². The van der Waals surface area contributed by atoms with Crippen LogP contribution in [0, 0.1) is 5.82 Å². The summed E-state index contributed by atoms with van der Waals surface area (Å²) in [5.74, 6) is 0.554. The molecule has 3 heteroatoms. The van der Waals surface area contributed by atoms with Gasteiger partial charge in [0.05, 0.1) is 7.11 Å². The zero-order chi connectivity index (χ0) is 12.3. The number of hydrogen-bond donors (Lipinski definition) is 1. The lowest BCUT2D eigenvalue weighted by Crippen LogP contribution is -2.37. The van der Waals surface area contributed by atoms with E-state index in [1.807, 2.05) is 0 Å². The molecule has 0 aliphatic heterocycles. The molecule has 1 fully saturated rings. The maximum atomic E-state index is 13.4. The van der Waals surface area contributed by atoms with Crippen LogP contribution in [0.15, 0.2) is 18.2 Å². The van der Waals surface area contributed by atoms with Gasteiger partial charge in [0.15, 0.2) is 0 Å². The summed E-state index contributed by atoms with van der Waals surface area (Å²) in [5, 5.41) is 0. The van der Waals surface area contributed by atoms with Crippen molar-refractivity contribution in [1.29, 1.82) is 0 Å². The fourth-order valence-corrected chi connectivity index (χ4v) is 2.91. The number of methoxy groups -OCH3 is 1. The van der Waals surface area contributed by atoms with Gasteiger partial charge in [0.1, 0.15) is 11.6 Å². The molecular formula is C14H20FNO. The smallest absolute Gasteiger partial charge is 0.123 e. The summed E-state index contributed by atoms with van der Waals surface area (Å²) in [4.78, 5) is 0. The van der Waals surface area contributed by atoms with Crippen molar-refractivity contribution in [2.45, 2.75) is 37.5 Å². The van der Waals surface area contributed by atoms with E-state index in [9.17, 15) is 4.39 Å². The molecule has 0 aromatic heterocycles. The number of hydrogen-bond acceptors (Lipinski definition) is 2. The maximum absolute atomic E-state index is 13.4. The molecule has 2 rings (SSSR count). The van der Waals surface area contributed by atoms with E-state index in [0.29, 0.717) is 6.54 Å². The summed E-state index contributed by atoms with van der Waals surface area (Å²) in [6.07, 6.45) is 5.64. The molecule has 0 unspecified atom stereocenters. The molecule has 1 aliphatic rings. The van der Waals surface area contributed by atoms with E-state index in [4.69, 9.17) is 10.5 Å². The molecule has 1 saturated carbocycles. The molecular weight excluding hydrogens is 217 g/mol. The Balaban J connectivity index is 2.44. The molecule has 2 nitrogen and oxygen atoms in total. The first-order valence-electron chi connectivity index (χ1n) is 6.26. The van der Waals surface area contributed by atoms with Gasteiger partial charge < -0.3 is 10.5 Å². The zero-order valence-corrected chi connectivity index (χ0v) is 10.3. The van der Waals surface area contributed by atoms with Crippen LogP contribution >= 0.6 is 0 Å². The average molecular weight is 237 g/mol. The fourth-order valence-electron chi connectivity index (χ4n) is 2.91. The second kappa shape index (κ2) is 5.05. The maximum Gasteiger partial charge on any atom is 0.123 e. The van der Waals surface area contributed by atoms with E-state index in [0.717, 1.165) is 37.0 Å². The summed E-state index contributed by atoms with van der Waals surface area (Å²) in [7, 11) is 1.63. The largest absolute Gasteiger partial charge is 0.496 e. The van der Waals surface area contributed by atoms with Gasteiger partial charge >= 0.3 is 0 Å². The van der Waals surface area contributed by atoms with Gasteiger partial charge in [0.25, 0.3) is 0 Å². The Labute approximate surface area is 102 Å². The van der Waals surface area contributed by atoms with Crippen LogP contribution in [0.5, 0.6) is 5.75 Å². The van der Waals surface area contributed by atoms with E-state index in [1.165, 1.54) is 12.5 Å². The first kappa shape index (κ1) is 12.4. The highest BCUT2D eigenvalue weighted by molar-refractivity contribution is 5.41. The monoisotopic (exact) mass is 237 g/mol. The molecule has 0 amide bonds. The quantitative estimate of drug-likeness (QED) is 0.877. The minimum absolute atomic E-state index is 0.0916. The number of rotatable bonds is 3. The molecule has 0 radical (unpaired) electrons. The second-order valence-electron chi connectivity index (χ2n) is 4.89. The van der Waals surface area contributed by atoms with Gasteiger partial charge in [0.2, 0.25) is 0 Å². The average Bonchev–Trinajstić information content (AvgIpc) is 2.39. The van der Waals surface area contributed by atoms with Crippen molar-refractivity contribution in [1.82, 2.24) is 0 Å². The van der Waals surface area contributed by atoms with Crippen LogP contribution in [0.2, 0.25) is 0 Å². The van der Waals surface area contributed by atoms with Crippen molar-refractivity contribution in [3.63, 3.8) is 0 Å². The highest BCUT2D eigenvalue weighted by atomic mass is 19.1. The molecule has 17 heavy (non-hydrogen) atoms. The third kappa shape index (κ3) is 2.29. The van der Waals surface area contributed by atoms with Crippen LogP contribution in [-0.4, -0.2) is 13.7 Å². The number of benzene rings is 1. The second-order valence-corrected chi connectivity index (χ2v) is 4.89. The molecule has 0 atom stereocenters. The summed E-state index contributed by atoms with van der Waals surface area (Å²) in [6, 6.07) is 4.74. The summed E-state index contributed by atoms with van der Waals surface area (Å²) in [5.41, 5.74) is 6.82. The molecule has 2 N–H and O–H groups in total. The SMILES string of the molecule is COc1ccc(F)cc1C1(CN)CCCCC1. The van der Waals surface area contributed by atoms with Crippen LogP contribution in [-0.2, 0) is 5.41 Å². The van der Waals surface area contributed by atoms with Crippen molar-refractivity contribution in [2.24, 2.45) is 5.73 Å². The number of nitrogens with two attached hydrogens (primary N) is 1. The van der Waals surface area contributed by atoms with Gasteiger partial charge in [-0.2, -0.15) is 0 Å². The molecule has 1 aromatic rings. The highest BCUT2D eigenvalue weighted by Crippen LogP contribution is 2.42. The standard InChI is InChI=1S/C14H20FNO/c1-17-13-6-5-11(15)9-12(13)14(10-16)7-3-2-4-8-14/h5-6,9H,2-4,7-8,10,16H2,1H3. The Morgan fingerprint density at radius 3 is 2.59 bits per heavy atom. The lowest BCUT2D eigenvalue weighted by molar-refractivity contribution is 0.286. The van der Waals surface area contributed by atoms with E-state index in [-0.39, 0.29) is 11.2 Å².